The average Bonchev–Trinajstić information content (AvgIpc) is 4.03. The molecule has 0 radical (unpaired) electrons. The molecule has 6 atom stereocenters. The molecule has 0 saturated heterocycles. The Labute approximate surface area is 328 Å². The Bertz CT molecular complexity index is 2840. The third-order valence-corrected chi connectivity index (χ3v) is 10.7. The molecular weight excluding hydrogens is 681 g/mol. The van der Waals surface area contributed by atoms with Gasteiger partial charge in [0.25, 0.3) is 0 Å². The zero-order valence-corrected chi connectivity index (χ0v) is 30.2. The molecule has 6 unspecified atom stereocenters. The molecule has 0 aliphatic heterocycles. The fourth-order valence-corrected chi connectivity index (χ4v) is 7.69. The SMILES string of the molecule is OC1C2C1(O)C1C(C#Cc3ccc(C#Cc4ccc(C#Cc5ccccc5)cc4)cc3)C21C#Cc1ccc(C#Cc2ccc(C#Cc3ccccc3)cc2)cc1. The van der Waals surface area contributed by atoms with E-state index >= 15 is 0 Å². The Hall–Kier alpha value is -7.40. The van der Waals surface area contributed by atoms with Crippen molar-refractivity contribution in [3.8, 4) is 71.0 Å². The number of fused-ring (bicyclic) bond motifs is 4. The first kappa shape index (κ1) is 34.4. The second-order valence-corrected chi connectivity index (χ2v) is 14.3. The standard InChI is InChI=1S/C54H32O2/c55-52-51-53(38-37-48-33-31-46(32-34-48)26-25-44-21-17-42(18-22-44)14-12-40-9-5-2-6-10-40)49(50(53)54(51,52)56)36-35-47-29-27-45(28-30-47)24-23-43-19-15-41(16-20-43)13-11-39-7-3-1-4-8-39/h1-10,15-22,27-34,49-52,55-56H. The zero-order valence-electron chi connectivity index (χ0n) is 30.2. The van der Waals surface area contributed by atoms with Crippen molar-refractivity contribution < 1.29 is 10.2 Å². The fourth-order valence-electron chi connectivity index (χ4n) is 7.69. The van der Waals surface area contributed by atoms with Gasteiger partial charge in [0, 0.05) is 73.4 Å². The van der Waals surface area contributed by atoms with Gasteiger partial charge in [0.2, 0.25) is 0 Å². The minimum atomic E-state index is -1.06. The minimum absolute atomic E-state index is 0.0888. The van der Waals surface area contributed by atoms with E-state index in [9.17, 15) is 10.2 Å². The summed E-state index contributed by atoms with van der Waals surface area (Å²) in [5, 5.41) is 21.5. The number of benzene rings is 6. The van der Waals surface area contributed by atoms with Crippen molar-refractivity contribution in [2.24, 2.45) is 23.2 Å². The smallest absolute Gasteiger partial charge is 0.103 e. The Morgan fingerprint density at radius 1 is 0.339 bits per heavy atom. The van der Waals surface area contributed by atoms with E-state index in [1.165, 1.54) is 0 Å². The van der Waals surface area contributed by atoms with Crippen molar-refractivity contribution in [2.45, 2.75) is 11.7 Å². The summed E-state index contributed by atoms with van der Waals surface area (Å²) < 4.78 is 0. The van der Waals surface area contributed by atoms with Crippen LogP contribution in [0.4, 0.5) is 0 Å². The topological polar surface area (TPSA) is 40.5 Å². The summed E-state index contributed by atoms with van der Waals surface area (Å²) in [6.07, 6.45) is -0.737. The Balaban J connectivity index is 0.826. The van der Waals surface area contributed by atoms with Crippen molar-refractivity contribution >= 4 is 0 Å². The number of hydrogen-bond acceptors (Lipinski definition) is 2. The van der Waals surface area contributed by atoms with Crippen LogP contribution in [0.25, 0.3) is 0 Å². The van der Waals surface area contributed by atoms with Crippen LogP contribution in [0.15, 0.2) is 158 Å². The molecule has 2 N–H and O–H groups in total. The lowest BCUT2D eigenvalue weighted by Crippen LogP contribution is -2.33. The van der Waals surface area contributed by atoms with Gasteiger partial charge in [0.15, 0.2) is 0 Å². The van der Waals surface area contributed by atoms with Crippen molar-refractivity contribution in [3.05, 3.63) is 213 Å². The summed E-state index contributed by atoms with van der Waals surface area (Å²) in [6.45, 7) is 0. The van der Waals surface area contributed by atoms with Crippen LogP contribution >= 0.6 is 0 Å². The second-order valence-electron chi connectivity index (χ2n) is 14.3. The lowest BCUT2D eigenvalue weighted by molar-refractivity contribution is 0.0194. The molecule has 6 aromatic carbocycles. The summed E-state index contributed by atoms with van der Waals surface area (Å²) in [5.74, 6) is 38.6. The lowest BCUT2D eigenvalue weighted by atomic mass is 9.82. The van der Waals surface area contributed by atoms with E-state index in [1.807, 2.05) is 158 Å². The highest BCUT2D eigenvalue weighted by atomic mass is 16.4. The highest BCUT2D eigenvalue weighted by Gasteiger charge is 3.00. The van der Waals surface area contributed by atoms with Crippen LogP contribution < -0.4 is 0 Å². The molecule has 260 valence electrons. The molecule has 3 saturated carbocycles. The van der Waals surface area contributed by atoms with Crippen LogP contribution in [0.2, 0.25) is 0 Å². The number of aliphatic hydroxyl groups excluding tert-OH is 1. The van der Waals surface area contributed by atoms with Gasteiger partial charge in [0.05, 0.1) is 11.5 Å². The van der Waals surface area contributed by atoms with Gasteiger partial charge >= 0.3 is 0 Å². The molecule has 0 amide bonds. The molecule has 3 aliphatic rings. The van der Waals surface area contributed by atoms with Gasteiger partial charge in [-0.2, -0.15) is 0 Å². The predicted molar refractivity (Wildman–Crippen MR) is 220 cm³/mol. The van der Waals surface area contributed by atoms with E-state index in [4.69, 9.17) is 0 Å². The van der Waals surface area contributed by atoms with Crippen molar-refractivity contribution in [2.75, 3.05) is 0 Å². The van der Waals surface area contributed by atoms with Crippen LogP contribution in [-0.4, -0.2) is 21.9 Å². The first-order chi connectivity index (χ1) is 27.5. The van der Waals surface area contributed by atoms with Crippen molar-refractivity contribution in [3.63, 3.8) is 0 Å². The summed E-state index contributed by atoms with van der Waals surface area (Å²) in [5.41, 5.74) is 7.66. The van der Waals surface area contributed by atoms with Gasteiger partial charge in [-0.15, -0.1) is 0 Å². The maximum absolute atomic E-state index is 11.0. The van der Waals surface area contributed by atoms with Gasteiger partial charge < -0.3 is 10.2 Å². The molecule has 6 aromatic rings. The lowest BCUT2D eigenvalue weighted by Gasteiger charge is -2.23. The molecule has 2 heteroatoms. The van der Waals surface area contributed by atoms with E-state index in [0.29, 0.717) is 0 Å². The molecule has 3 fully saturated rings. The highest BCUT2D eigenvalue weighted by Crippen LogP contribution is 2.89. The van der Waals surface area contributed by atoms with Crippen LogP contribution in [-0.2, 0) is 0 Å². The molecule has 56 heavy (non-hydrogen) atoms. The quantitative estimate of drug-likeness (QED) is 0.159. The molecule has 3 aliphatic carbocycles. The highest BCUT2D eigenvalue weighted by molar-refractivity contribution is 5.60. The van der Waals surface area contributed by atoms with Crippen molar-refractivity contribution in [1.29, 1.82) is 0 Å². The second kappa shape index (κ2) is 14.4. The molecule has 0 aromatic heterocycles. The molecule has 2 nitrogen and oxygen atoms in total. The largest absolute Gasteiger partial charge is 0.390 e. The van der Waals surface area contributed by atoms with Crippen molar-refractivity contribution in [1.82, 2.24) is 0 Å². The van der Waals surface area contributed by atoms with Gasteiger partial charge in [-0.25, -0.2) is 0 Å². The maximum atomic E-state index is 11.0. The van der Waals surface area contributed by atoms with Gasteiger partial charge in [-0.3, -0.25) is 0 Å². The summed E-state index contributed by atoms with van der Waals surface area (Å²) in [4.78, 5) is 0. The number of hydrogen-bond donors (Lipinski definition) is 2. The van der Waals surface area contributed by atoms with E-state index in [1.54, 1.807) is 0 Å². The predicted octanol–water partition coefficient (Wildman–Crippen LogP) is 7.66. The van der Waals surface area contributed by atoms with E-state index in [2.05, 4.69) is 71.0 Å². The molecule has 9 rings (SSSR count). The van der Waals surface area contributed by atoms with Crippen LogP contribution in [0, 0.1) is 94.2 Å². The van der Waals surface area contributed by atoms with Crippen LogP contribution in [0.5, 0.6) is 0 Å². The molecule has 0 spiro atoms. The average molecular weight is 713 g/mol. The van der Waals surface area contributed by atoms with Crippen LogP contribution in [0.1, 0.15) is 55.6 Å². The summed E-state index contributed by atoms with van der Waals surface area (Å²) >= 11 is 0. The minimum Gasteiger partial charge on any atom is -0.390 e. The normalized spacial score (nSPS) is 22.5. The van der Waals surface area contributed by atoms with Gasteiger partial charge in [0.1, 0.15) is 5.60 Å². The number of aliphatic hydroxyl groups is 2. The third-order valence-electron chi connectivity index (χ3n) is 10.7. The monoisotopic (exact) mass is 712 g/mol. The van der Waals surface area contributed by atoms with Gasteiger partial charge in [-0.1, -0.05) is 107 Å². The number of rotatable bonds is 0. The van der Waals surface area contributed by atoms with E-state index < -0.39 is 17.1 Å². The first-order valence-electron chi connectivity index (χ1n) is 18.5. The molecule has 0 heterocycles. The Morgan fingerprint density at radius 2 is 0.625 bits per heavy atom. The first-order valence-corrected chi connectivity index (χ1v) is 18.5. The summed E-state index contributed by atoms with van der Waals surface area (Å²) in [7, 11) is 0. The molecule has 0 bridgehead atoms. The zero-order chi connectivity index (χ0) is 38.0. The molecular formula is C54H32O2. The van der Waals surface area contributed by atoms with Gasteiger partial charge in [-0.05, 0) is 121 Å². The summed E-state index contributed by atoms with van der Waals surface area (Å²) in [6, 6.07) is 51.5. The maximum Gasteiger partial charge on any atom is 0.103 e. The van der Waals surface area contributed by atoms with E-state index in [-0.39, 0.29) is 17.8 Å². The van der Waals surface area contributed by atoms with Crippen LogP contribution in [0.3, 0.4) is 0 Å². The Kier molecular flexibility index (Phi) is 8.86. The fraction of sp³-hybridized carbons (Fsp3) is 0.111. The van der Waals surface area contributed by atoms with E-state index in [0.717, 1.165) is 55.6 Å². The third kappa shape index (κ3) is 6.77. The Morgan fingerprint density at radius 3 is 0.964 bits per heavy atom.